The topological polar surface area (TPSA) is 43.8 Å². The van der Waals surface area contributed by atoms with Crippen molar-refractivity contribution >= 4 is 5.97 Å². The quantitative estimate of drug-likeness (QED) is 0.826. The second-order valence-electron chi connectivity index (χ2n) is 6.10. The fourth-order valence-corrected chi connectivity index (χ4v) is 3.41. The maximum atomic E-state index is 11.1. The van der Waals surface area contributed by atoms with Gasteiger partial charge in [0.05, 0.1) is 5.92 Å². The van der Waals surface area contributed by atoms with E-state index in [9.17, 15) is 4.79 Å². The van der Waals surface area contributed by atoms with Crippen LogP contribution in [0.4, 0.5) is 0 Å². The largest absolute Gasteiger partial charge is 0.481 e. The van der Waals surface area contributed by atoms with Crippen molar-refractivity contribution in [2.24, 2.45) is 11.8 Å². The molecule has 2 aliphatic heterocycles. The molecule has 2 rings (SSSR count). The molecule has 0 aromatic rings. The number of carboxylic acids is 1. The van der Waals surface area contributed by atoms with Crippen molar-refractivity contribution in [2.75, 3.05) is 33.2 Å². The third-order valence-corrected chi connectivity index (χ3v) is 4.71. The first-order valence-electron chi connectivity index (χ1n) is 7.23. The summed E-state index contributed by atoms with van der Waals surface area (Å²) in [7, 11) is 2.22. The highest BCUT2D eigenvalue weighted by atomic mass is 16.4. The van der Waals surface area contributed by atoms with Crippen molar-refractivity contribution in [1.29, 1.82) is 0 Å². The van der Waals surface area contributed by atoms with E-state index in [1.54, 1.807) is 0 Å². The van der Waals surface area contributed by atoms with Crippen LogP contribution in [0, 0.1) is 11.8 Å². The minimum absolute atomic E-state index is 0.158. The molecular weight excluding hydrogens is 228 g/mol. The standard InChI is InChI=1S/C14H26N2O2/c1-11-9-16(10-13(11)14(17)18)8-6-12-5-3-4-7-15(12)2/h11-13H,3-10H2,1-2H3,(H,17,18). The number of rotatable bonds is 4. The van der Waals surface area contributed by atoms with Gasteiger partial charge in [-0.15, -0.1) is 0 Å². The lowest BCUT2D eigenvalue weighted by Gasteiger charge is -2.33. The molecule has 0 aromatic heterocycles. The summed E-state index contributed by atoms with van der Waals surface area (Å²) in [5, 5.41) is 9.13. The third kappa shape index (κ3) is 3.23. The van der Waals surface area contributed by atoms with E-state index in [-0.39, 0.29) is 5.92 Å². The highest BCUT2D eigenvalue weighted by Crippen LogP contribution is 2.24. The number of hydrogen-bond donors (Lipinski definition) is 1. The van der Waals surface area contributed by atoms with Crippen LogP contribution in [0.1, 0.15) is 32.6 Å². The van der Waals surface area contributed by atoms with Crippen LogP contribution < -0.4 is 0 Å². The number of piperidine rings is 1. The van der Waals surface area contributed by atoms with Crippen molar-refractivity contribution in [2.45, 2.75) is 38.6 Å². The Kier molecular flexibility index (Phi) is 4.62. The van der Waals surface area contributed by atoms with Gasteiger partial charge >= 0.3 is 5.97 Å². The van der Waals surface area contributed by atoms with Crippen LogP contribution in [-0.4, -0.2) is 60.1 Å². The summed E-state index contributed by atoms with van der Waals surface area (Å²) in [6.07, 6.45) is 5.18. The number of hydrogen-bond acceptors (Lipinski definition) is 3. The van der Waals surface area contributed by atoms with E-state index in [1.807, 2.05) is 0 Å². The fourth-order valence-electron chi connectivity index (χ4n) is 3.41. The van der Waals surface area contributed by atoms with Gasteiger partial charge < -0.3 is 14.9 Å². The van der Waals surface area contributed by atoms with Gasteiger partial charge in [-0.05, 0) is 45.3 Å². The molecular formula is C14H26N2O2. The van der Waals surface area contributed by atoms with Crippen molar-refractivity contribution in [3.63, 3.8) is 0 Å². The van der Waals surface area contributed by atoms with E-state index in [0.717, 1.165) is 19.6 Å². The molecule has 3 unspecified atom stereocenters. The van der Waals surface area contributed by atoms with E-state index in [2.05, 4.69) is 23.8 Å². The number of carbonyl (C=O) groups is 1. The van der Waals surface area contributed by atoms with E-state index >= 15 is 0 Å². The van der Waals surface area contributed by atoms with Crippen LogP contribution in [0.15, 0.2) is 0 Å². The molecule has 0 bridgehead atoms. The SMILES string of the molecule is CC1CN(CCC2CCCCN2C)CC1C(=O)O. The Morgan fingerprint density at radius 3 is 2.72 bits per heavy atom. The molecule has 1 N–H and O–H groups in total. The molecule has 2 fully saturated rings. The van der Waals surface area contributed by atoms with E-state index in [4.69, 9.17) is 5.11 Å². The van der Waals surface area contributed by atoms with Gasteiger partial charge in [0.25, 0.3) is 0 Å². The number of likely N-dealkylation sites (tertiary alicyclic amines) is 2. The lowest BCUT2D eigenvalue weighted by atomic mass is 9.99. The summed E-state index contributed by atoms with van der Waals surface area (Å²) in [6, 6.07) is 0.706. The number of aliphatic carboxylic acids is 1. The summed E-state index contributed by atoms with van der Waals surface area (Å²) in [4.78, 5) is 15.9. The minimum Gasteiger partial charge on any atom is -0.481 e. The molecule has 0 aromatic carbocycles. The highest BCUT2D eigenvalue weighted by molar-refractivity contribution is 5.71. The Morgan fingerprint density at radius 1 is 1.33 bits per heavy atom. The highest BCUT2D eigenvalue weighted by Gasteiger charge is 2.34. The van der Waals surface area contributed by atoms with Crippen LogP contribution in [0.2, 0.25) is 0 Å². The zero-order valence-electron chi connectivity index (χ0n) is 11.6. The molecule has 3 atom stereocenters. The molecule has 0 radical (unpaired) electrons. The van der Waals surface area contributed by atoms with Crippen molar-refractivity contribution in [3.8, 4) is 0 Å². The normalized spacial score (nSPS) is 34.9. The predicted molar refractivity (Wildman–Crippen MR) is 71.6 cm³/mol. The first-order valence-corrected chi connectivity index (χ1v) is 7.23. The molecule has 2 heterocycles. The average molecular weight is 254 g/mol. The number of nitrogens with zero attached hydrogens (tertiary/aromatic N) is 2. The average Bonchev–Trinajstić information content (AvgIpc) is 2.70. The molecule has 4 heteroatoms. The Labute approximate surface area is 110 Å². The molecule has 104 valence electrons. The van der Waals surface area contributed by atoms with Crippen molar-refractivity contribution in [3.05, 3.63) is 0 Å². The minimum atomic E-state index is -0.625. The van der Waals surface area contributed by atoms with Gasteiger partial charge in [-0.2, -0.15) is 0 Å². The van der Waals surface area contributed by atoms with Gasteiger partial charge in [0.15, 0.2) is 0 Å². The van der Waals surface area contributed by atoms with Crippen molar-refractivity contribution < 1.29 is 9.90 Å². The second-order valence-corrected chi connectivity index (χ2v) is 6.10. The van der Waals surface area contributed by atoms with Crippen LogP contribution in [-0.2, 0) is 4.79 Å². The maximum absolute atomic E-state index is 11.1. The van der Waals surface area contributed by atoms with E-state index in [1.165, 1.54) is 32.2 Å². The Bertz CT molecular complexity index is 296. The smallest absolute Gasteiger partial charge is 0.308 e. The van der Waals surface area contributed by atoms with Crippen LogP contribution in [0.3, 0.4) is 0 Å². The van der Waals surface area contributed by atoms with Gasteiger partial charge in [-0.25, -0.2) is 0 Å². The summed E-state index contributed by atoms with van der Waals surface area (Å²) < 4.78 is 0. The van der Waals surface area contributed by atoms with Gasteiger partial charge in [-0.3, -0.25) is 4.79 Å². The van der Waals surface area contributed by atoms with Crippen LogP contribution in [0.25, 0.3) is 0 Å². The third-order valence-electron chi connectivity index (χ3n) is 4.71. The molecule has 0 spiro atoms. The predicted octanol–water partition coefficient (Wildman–Crippen LogP) is 1.51. The zero-order chi connectivity index (χ0) is 13.1. The van der Waals surface area contributed by atoms with E-state index < -0.39 is 5.97 Å². The van der Waals surface area contributed by atoms with Crippen LogP contribution >= 0.6 is 0 Å². The first-order chi connectivity index (χ1) is 8.58. The Hall–Kier alpha value is -0.610. The van der Waals surface area contributed by atoms with Gasteiger partial charge in [0.2, 0.25) is 0 Å². The van der Waals surface area contributed by atoms with Crippen molar-refractivity contribution in [1.82, 2.24) is 9.80 Å². The lowest BCUT2D eigenvalue weighted by Crippen LogP contribution is -2.38. The Morgan fingerprint density at radius 2 is 2.11 bits per heavy atom. The molecule has 0 aliphatic carbocycles. The monoisotopic (exact) mass is 254 g/mol. The molecule has 0 saturated carbocycles. The molecule has 2 saturated heterocycles. The summed E-state index contributed by atoms with van der Waals surface area (Å²) in [5.41, 5.74) is 0. The lowest BCUT2D eigenvalue weighted by molar-refractivity contribution is -0.142. The maximum Gasteiger partial charge on any atom is 0.308 e. The first kappa shape index (κ1) is 13.8. The summed E-state index contributed by atoms with van der Waals surface area (Å²) >= 11 is 0. The van der Waals surface area contributed by atoms with Crippen LogP contribution in [0.5, 0.6) is 0 Å². The zero-order valence-corrected chi connectivity index (χ0v) is 11.6. The fraction of sp³-hybridized carbons (Fsp3) is 0.929. The molecule has 2 aliphatic rings. The second kappa shape index (κ2) is 6.02. The van der Waals surface area contributed by atoms with E-state index in [0.29, 0.717) is 12.0 Å². The summed E-state index contributed by atoms with van der Waals surface area (Å²) in [5.74, 6) is -0.486. The molecule has 0 amide bonds. The van der Waals surface area contributed by atoms with Gasteiger partial charge in [0.1, 0.15) is 0 Å². The molecule has 4 nitrogen and oxygen atoms in total. The van der Waals surface area contributed by atoms with Gasteiger partial charge in [0, 0.05) is 19.1 Å². The van der Waals surface area contributed by atoms with Gasteiger partial charge in [-0.1, -0.05) is 13.3 Å². The number of carboxylic acid groups (broad SMARTS) is 1. The summed E-state index contributed by atoms with van der Waals surface area (Å²) in [6.45, 7) is 6.04. The molecule has 18 heavy (non-hydrogen) atoms. The Balaban J connectivity index is 1.76.